The Morgan fingerprint density at radius 3 is 2.76 bits per heavy atom. The molecule has 3 nitrogen and oxygen atoms in total. The number of rotatable bonds is 6. The van der Waals surface area contributed by atoms with E-state index >= 15 is 0 Å². The summed E-state index contributed by atoms with van der Waals surface area (Å²) in [5.74, 6) is 0. The summed E-state index contributed by atoms with van der Waals surface area (Å²) in [4.78, 5) is 3.44. The molecule has 92 valence electrons. The van der Waals surface area contributed by atoms with E-state index in [0.29, 0.717) is 0 Å². The predicted octanol–water partition coefficient (Wildman–Crippen LogP) is 1.83. The molecule has 2 rings (SSSR count). The lowest BCUT2D eigenvalue weighted by molar-refractivity contribution is 0.649. The van der Waals surface area contributed by atoms with E-state index in [0.717, 1.165) is 26.1 Å². The molecule has 0 amide bonds. The maximum absolute atomic E-state index is 3.44. The van der Waals surface area contributed by atoms with Crippen LogP contribution in [0.2, 0.25) is 0 Å². The van der Waals surface area contributed by atoms with E-state index in [9.17, 15) is 0 Å². The largest absolute Gasteiger partial charge is 0.358 e. The van der Waals surface area contributed by atoms with Crippen molar-refractivity contribution in [3.05, 3.63) is 35.5 Å². The average molecular weight is 231 g/mol. The first kappa shape index (κ1) is 12.1. The van der Waals surface area contributed by atoms with Gasteiger partial charge >= 0.3 is 0 Å². The number of H-pyrrole nitrogens is 1. The summed E-state index contributed by atoms with van der Waals surface area (Å²) in [5, 5.41) is 7.94. The summed E-state index contributed by atoms with van der Waals surface area (Å²) in [6, 6.07) is 8.52. The third kappa shape index (κ3) is 2.87. The van der Waals surface area contributed by atoms with Gasteiger partial charge < -0.3 is 15.6 Å². The minimum atomic E-state index is 1.02. The first-order valence-electron chi connectivity index (χ1n) is 6.24. The first-order valence-corrected chi connectivity index (χ1v) is 6.24. The molecule has 0 bridgehead atoms. The van der Waals surface area contributed by atoms with Crippen LogP contribution in [0.1, 0.15) is 11.3 Å². The van der Waals surface area contributed by atoms with Crippen molar-refractivity contribution in [2.24, 2.45) is 0 Å². The van der Waals surface area contributed by atoms with Crippen molar-refractivity contribution in [1.29, 1.82) is 0 Å². The van der Waals surface area contributed by atoms with Gasteiger partial charge in [-0.15, -0.1) is 0 Å². The van der Waals surface area contributed by atoms with Crippen LogP contribution in [0, 0.1) is 6.92 Å². The van der Waals surface area contributed by atoms with Gasteiger partial charge in [-0.25, -0.2) is 0 Å². The zero-order valence-electron chi connectivity index (χ0n) is 10.6. The molecule has 0 saturated heterocycles. The Hall–Kier alpha value is -1.32. The molecule has 0 radical (unpaired) electrons. The van der Waals surface area contributed by atoms with Gasteiger partial charge in [0.15, 0.2) is 0 Å². The highest BCUT2D eigenvalue weighted by Gasteiger charge is 2.06. The number of aromatic amines is 1. The van der Waals surface area contributed by atoms with Crippen molar-refractivity contribution in [1.82, 2.24) is 15.6 Å². The van der Waals surface area contributed by atoms with Gasteiger partial charge in [-0.3, -0.25) is 0 Å². The van der Waals surface area contributed by atoms with E-state index in [1.807, 2.05) is 7.05 Å². The highest BCUT2D eigenvalue weighted by molar-refractivity contribution is 5.84. The molecule has 0 aliphatic carbocycles. The van der Waals surface area contributed by atoms with Crippen molar-refractivity contribution in [3.63, 3.8) is 0 Å². The molecule has 2 aromatic rings. The summed E-state index contributed by atoms with van der Waals surface area (Å²) in [5.41, 5.74) is 3.98. The third-order valence-electron chi connectivity index (χ3n) is 3.13. The predicted molar refractivity (Wildman–Crippen MR) is 73.5 cm³/mol. The molecule has 1 heterocycles. The minimum Gasteiger partial charge on any atom is -0.358 e. The summed E-state index contributed by atoms with van der Waals surface area (Å²) in [7, 11) is 1.98. The maximum atomic E-state index is 3.44. The van der Waals surface area contributed by atoms with E-state index < -0.39 is 0 Å². The van der Waals surface area contributed by atoms with E-state index in [2.05, 4.69) is 46.8 Å². The van der Waals surface area contributed by atoms with Crippen LogP contribution in [0.4, 0.5) is 0 Å². The highest BCUT2D eigenvalue weighted by atomic mass is 14.9. The lowest BCUT2D eigenvalue weighted by Gasteiger charge is -2.04. The Bertz CT molecular complexity index is 473. The van der Waals surface area contributed by atoms with Gasteiger partial charge in [0.05, 0.1) is 0 Å². The first-order chi connectivity index (χ1) is 8.33. The van der Waals surface area contributed by atoms with Gasteiger partial charge in [0.25, 0.3) is 0 Å². The Labute approximate surface area is 103 Å². The van der Waals surface area contributed by atoms with Gasteiger partial charge in [0.1, 0.15) is 0 Å². The zero-order chi connectivity index (χ0) is 12.1. The number of para-hydroxylation sites is 1. The van der Waals surface area contributed by atoms with Crippen molar-refractivity contribution in [2.45, 2.75) is 13.3 Å². The number of fused-ring (bicyclic) bond motifs is 1. The summed E-state index contributed by atoms with van der Waals surface area (Å²) in [6.07, 6.45) is 1.08. The van der Waals surface area contributed by atoms with Gasteiger partial charge in [0, 0.05) is 29.7 Å². The molecule has 0 atom stereocenters. The summed E-state index contributed by atoms with van der Waals surface area (Å²) >= 11 is 0. The lowest BCUT2D eigenvalue weighted by atomic mass is 10.1. The zero-order valence-corrected chi connectivity index (χ0v) is 10.6. The third-order valence-corrected chi connectivity index (χ3v) is 3.13. The van der Waals surface area contributed by atoms with E-state index in [4.69, 9.17) is 0 Å². The molecule has 3 heteroatoms. The van der Waals surface area contributed by atoms with Gasteiger partial charge in [-0.05, 0) is 38.6 Å². The Kier molecular flexibility index (Phi) is 4.18. The average Bonchev–Trinajstić information content (AvgIpc) is 2.65. The monoisotopic (exact) mass is 231 g/mol. The molecule has 0 unspecified atom stereocenters. The number of aryl methyl sites for hydroxylation is 1. The fourth-order valence-corrected chi connectivity index (χ4v) is 2.21. The number of likely N-dealkylation sites (N-methyl/N-ethyl adjacent to an activating group) is 1. The molecule has 0 aliphatic heterocycles. The number of hydrogen-bond donors (Lipinski definition) is 3. The van der Waals surface area contributed by atoms with Crippen molar-refractivity contribution in [2.75, 3.05) is 26.7 Å². The fraction of sp³-hybridized carbons (Fsp3) is 0.429. The normalized spacial score (nSPS) is 11.2. The number of hydrogen-bond acceptors (Lipinski definition) is 2. The second kappa shape index (κ2) is 5.84. The van der Waals surface area contributed by atoms with Crippen molar-refractivity contribution in [3.8, 4) is 0 Å². The molecular formula is C14H21N3. The second-order valence-corrected chi connectivity index (χ2v) is 4.38. The van der Waals surface area contributed by atoms with Crippen LogP contribution in [0.5, 0.6) is 0 Å². The van der Waals surface area contributed by atoms with Crippen LogP contribution in [0.15, 0.2) is 24.3 Å². The highest BCUT2D eigenvalue weighted by Crippen LogP contribution is 2.21. The van der Waals surface area contributed by atoms with E-state index in [-0.39, 0.29) is 0 Å². The van der Waals surface area contributed by atoms with E-state index in [1.54, 1.807) is 0 Å². The summed E-state index contributed by atoms with van der Waals surface area (Å²) < 4.78 is 0. The number of benzene rings is 1. The Balaban J connectivity index is 2.00. The van der Waals surface area contributed by atoms with Gasteiger partial charge in [-0.1, -0.05) is 18.2 Å². The number of nitrogens with one attached hydrogen (secondary N) is 3. The molecule has 0 spiro atoms. The molecule has 0 aliphatic rings. The van der Waals surface area contributed by atoms with E-state index in [1.165, 1.54) is 22.2 Å². The maximum Gasteiger partial charge on any atom is 0.0458 e. The van der Waals surface area contributed by atoms with Crippen LogP contribution in [-0.4, -0.2) is 31.7 Å². The molecule has 17 heavy (non-hydrogen) atoms. The van der Waals surface area contributed by atoms with Crippen LogP contribution in [-0.2, 0) is 6.42 Å². The fourth-order valence-electron chi connectivity index (χ4n) is 2.21. The van der Waals surface area contributed by atoms with Crippen LogP contribution in [0.25, 0.3) is 10.9 Å². The van der Waals surface area contributed by atoms with Crippen LogP contribution >= 0.6 is 0 Å². The molecule has 3 N–H and O–H groups in total. The van der Waals surface area contributed by atoms with Gasteiger partial charge in [0.2, 0.25) is 0 Å². The molecule has 0 saturated carbocycles. The SMILES string of the molecule is CNCCNCCc1c(C)[nH]c2ccccc12. The van der Waals surface area contributed by atoms with Crippen LogP contribution < -0.4 is 10.6 Å². The topological polar surface area (TPSA) is 39.8 Å². The van der Waals surface area contributed by atoms with Crippen molar-refractivity contribution < 1.29 is 0 Å². The smallest absolute Gasteiger partial charge is 0.0458 e. The standard InChI is InChI=1S/C14H21N3/c1-11-12(7-8-16-10-9-15-2)13-5-3-4-6-14(13)17-11/h3-6,15-17H,7-10H2,1-2H3. The second-order valence-electron chi connectivity index (χ2n) is 4.38. The number of aromatic nitrogens is 1. The summed E-state index contributed by atoms with van der Waals surface area (Å²) in [6.45, 7) is 5.23. The molecule has 0 fully saturated rings. The molecular weight excluding hydrogens is 210 g/mol. The van der Waals surface area contributed by atoms with Gasteiger partial charge in [-0.2, -0.15) is 0 Å². The minimum absolute atomic E-state index is 1.02. The Morgan fingerprint density at radius 2 is 1.94 bits per heavy atom. The molecule has 1 aromatic heterocycles. The lowest BCUT2D eigenvalue weighted by Crippen LogP contribution is -2.26. The van der Waals surface area contributed by atoms with Crippen LogP contribution in [0.3, 0.4) is 0 Å². The van der Waals surface area contributed by atoms with Crippen molar-refractivity contribution >= 4 is 10.9 Å². The quantitative estimate of drug-likeness (QED) is 0.664. The Morgan fingerprint density at radius 1 is 1.12 bits per heavy atom. The molecule has 1 aromatic carbocycles.